The van der Waals surface area contributed by atoms with E-state index in [2.05, 4.69) is 41.0 Å². The Hall–Kier alpha value is -2.33. The normalized spacial score (nSPS) is 15.6. The summed E-state index contributed by atoms with van der Waals surface area (Å²) < 4.78 is 5.46. The molecule has 1 fully saturated rings. The van der Waals surface area contributed by atoms with Gasteiger partial charge in [0, 0.05) is 30.5 Å². The zero-order chi connectivity index (χ0) is 15.5. The monoisotopic (exact) mass is 295 g/mol. The summed E-state index contributed by atoms with van der Waals surface area (Å²) in [4.78, 5) is 10.2. The molecule has 4 heteroatoms. The number of rotatable bonds is 4. The number of pyridine rings is 1. The van der Waals surface area contributed by atoms with Crippen molar-refractivity contribution in [2.45, 2.75) is 6.92 Å². The topological polar surface area (TPSA) is 41.2 Å². The van der Waals surface area contributed by atoms with E-state index in [0.29, 0.717) is 0 Å². The molecular weight excluding hydrogens is 274 g/mol. The van der Waals surface area contributed by atoms with Gasteiger partial charge in [-0.2, -0.15) is 0 Å². The van der Waals surface area contributed by atoms with Crippen molar-refractivity contribution in [3.8, 4) is 0 Å². The number of aryl methyl sites for hydroxylation is 1. The molecule has 0 amide bonds. The smallest absolute Gasteiger partial charge is 0.140 e. The summed E-state index contributed by atoms with van der Waals surface area (Å²) in [6, 6.07) is 2.08. The fourth-order valence-electron chi connectivity index (χ4n) is 2.96. The molecule has 0 aliphatic carbocycles. The predicted octanol–water partition coefficient (Wildman–Crippen LogP) is 3.46. The van der Waals surface area contributed by atoms with Crippen LogP contribution >= 0.6 is 0 Å². The van der Waals surface area contributed by atoms with Crippen LogP contribution in [0.3, 0.4) is 0 Å². The number of hydrogen-bond acceptors (Lipinski definition) is 3. The van der Waals surface area contributed by atoms with Gasteiger partial charge in [-0.3, -0.25) is 0 Å². The number of hydrogen-bond donors (Lipinski definition) is 1. The van der Waals surface area contributed by atoms with Crippen LogP contribution in [-0.4, -0.2) is 36.3 Å². The van der Waals surface area contributed by atoms with Gasteiger partial charge in [0.1, 0.15) is 5.65 Å². The van der Waals surface area contributed by atoms with Crippen LogP contribution < -0.4 is 4.90 Å². The molecule has 0 saturated carbocycles. The molecule has 4 nitrogen and oxygen atoms in total. The van der Waals surface area contributed by atoms with Crippen molar-refractivity contribution >= 4 is 22.3 Å². The first-order valence-corrected chi connectivity index (χ1v) is 7.50. The minimum absolute atomic E-state index is 0.764. The summed E-state index contributed by atoms with van der Waals surface area (Å²) in [5.41, 5.74) is 5.28. The molecule has 1 N–H and O–H groups in total. The van der Waals surface area contributed by atoms with Crippen LogP contribution in [-0.2, 0) is 4.74 Å². The third-order valence-electron chi connectivity index (χ3n) is 3.97. The van der Waals surface area contributed by atoms with Crippen molar-refractivity contribution in [3.63, 3.8) is 0 Å². The summed E-state index contributed by atoms with van der Waals surface area (Å²) in [6.45, 7) is 13.3. The summed E-state index contributed by atoms with van der Waals surface area (Å²) in [5.74, 6) is 0. The lowest BCUT2D eigenvalue weighted by atomic mass is 10.0. The van der Waals surface area contributed by atoms with Gasteiger partial charge in [-0.05, 0) is 18.6 Å². The van der Waals surface area contributed by atoms with Gasteiger partial charge in [0.15, 0.2) is 0 Å². The Morgan fingerprint density at radius 2 is 2.18 bits per heavy atom. The van der Waals surface area contributed by atoms with Crippen molar-refractivity contribution in [2.24, 2.45) is 0 Å². The lowest BCUT2D eigenvalue weighted by Crippen LogP contribution is -2.36. The highest BCUT2D eigenvalue weighted by atomic mass is 16.5. The minimum atomic E-state index is 0.764. The molecule has 0 aromatic carbocycles. The molecule has 0 unspecified atom stereocenters. The fourth-order valence-corrected chi connectivity index (χ4v) is 2.96. The maximum Gasteiger partial charge on any atom is 0.140 e. The number of allylic oxidation sites excluding steroid dienone is 4. The number of H-pyrrole nitrogens is 1. The van der Waals surface area contributed by atoms with E-state index in [0.717, 1.165) is 54.2 Å². The molecule has 0 bridgehead atoms. The highest BCUT2D eigenvalue weighted by molar-refractivity contribution is 6.02. The number of anilines is 1. The van der Waals surface area contributed by atoms with E-state index >= 15 is 0 Å². The van der Waals surface area contributed by atoms with Crippen LogP contribution in [0.15, 0.2) is 43.6 Å². The highest BCUT2D eigenvalue weighted by Gasteiger charge is 2.19. The second-order valence-electron chi connectivity index (χ2n) is 5.40. The van der Waals surface area contributed by atoms with Gasteiger partial charge in [0.05, 0.1) is 24.3 Å². The van der Waals surface area contributed by atoms with E-state index in [-0.39, 0.29) is 0 Å². The number of morpholine rings is 1. The van der Waals surface area contributed by atoms with Gasteiger partial charge in [0.25, 0.3) is 0 Å². The number of ether oxygens (including phenoxy) is 1. The maximum absolute atomic E-state index is 5.46. The number of nitrogens with one attached hydrogen (secondary N) is 1. The molecule has 2 aromatic heterocycles. The lowest BCUT2D eigenvalue weighted by molar-refractivity contribution is 0.123. The Labute approximate surface area is 130 Å². The van der Waals surface area contributed by atoms with Crippen molar-refractivity contribution in [1.82, 2.24) is 9.97 Å². The first-order valence-electron chi connectivity index (χ1n) is 7.50. The SMILES string of the molecule is C=CC=CC(=C)c1c(C)[nH]c2nccc(N3CCOCC3)c12. The van der Waals surface area contributed by atoms with Gasteiger partial charge < -0.3 is 14.6 Å². The number of fused-ring (bicyclic) bond motifs is 1. The minimum Gasteiger partial charge on any atom is -0.378 e. The molecule has 2 aromatic rings. The molecule has 0 spiro atoms. The summed E-state index contributed by atoms with van der Waals surface area (Å²) in [5, 5.41) is 1.14. The quantitative estimate of drug-likeness (QED) is 0.878. The molecule has 3 heterocycles. The van der Waals surface area contributed by atoms with Gasteiger partial charge in [0.2, 0.25) is 0 Å². The zero-order valence-corrected chi connectivity index (χ0v) is 12.9. The van der Waals surface area contributed by atoms with Crippen LogP contribution in [0.1, 0.15) is 11.3 Å². The Balaban J connectivity index is 2.15. The average Bonchev–Trinajstić information content (AvgIpc) is 2.89. The first kappa shape index (κ1) is 14.6. The third kappa shape index (κ3) is 2.57. The predicted molar refractivity (Wildman–Crippen MR) is 92.2 cm³/mol. The first-order chi connectivity index (χ1) is 10.7. The molecule has 0 radical (unpaired) electrons. The van der Waals surface area contributed by atoms with Crippen molar-refractivity contribution in [3.05, 3.63) is 54.9 Å². The molecule has 1 aliphatic heterocycles. The molecule has 0 atom stereocenters. The van der Waals surface area contributed by atoms with E-state index in [1.165, 1.54) is 5.69 Å². The van der Waals surface area contributed by atoms with Crippen molar-refractivity contribution < 1.29 is 4.74 Å². The van der Waals surface area contributed by atoms with E-state index in [1.54, 1.807) is 6.08 Å². The summed E-state index contributed by atoms with van der Waals surface area (Å²) in [6.07, 6.45) is 7.51. The maximum atomic E-state index is 5.46. The molecule has 114 valence electrons. The van der Waals surface area contributed by atoms with Crippen LogP contribution in [0.2, 0.25) is 0 Å². The number of aromatic nitrogens is 2. The Kier molecular flexibility index (Phi) is 4.11. The van der Waals surface area contributed by atoms with Gasteiger partial charge in [-0.25, -0.2) is 4.98 Å². The molecule has 22 heavy (non-hydrogen) atoms. The Morgan fingerprint density at radius 1 is 1.41 bits per heavy atom. The third-order valence-corrected chi connectivity index (χ3v) is 3.97. The van der Waals surface area contributed by atoms with Crippen LogP contribution in [0.25, 0.3) is 16.6 Å². The second kappa shape index (κ2) is 6.20. The average molecular weight is 295 g/mol. The molecule has 1 saturated heterocycles. The van der Waals surface area contributed by atoms with Crippen LogP contribution in [0, 0.1) is 6.92 Å². The van der Waals surface area contributed by atoms with Gasteiger partial charge in [-0.1, -0.05) is 31.4 Å². The molecule has 3 rings (SSSR count). The number of aromatic amines is 1. The van der Waals surface area contributed by atoms with E-state index < -0.39 is 0 Å². The molecule has 1 aliphatic rings. The van der Waals surface area contributed by atoms with Gasteiger partial charge >= 0.3 is 0 Å². The Morgan fingerprint density at radius 3 is 2.91 bits per heavy atom. The number of nitrogens with zero attached hydrogens (tertiary/aromatic N) is 2. The second-order valence-corrected chi connectivity index (χ2v) is 5.40. The largest absolute Gasteiger partial charge is 0.378 e. The standard InChI is InChI=1S/C18H21N3O/c1-4-5-6-13(2)16-14(3)20-18-17(16)15(7-8-19-18)21-9-11-22-12-10-21/h4-8H,1-2,9-12H2,3H3,(H,19,20). The summed E-state index contributed by atoms with van der Waals surface area (Å²) in [7, 11) is 0. The zero-order valence-electron chi connectivity index (χ0n) is 12.9. The van der Waals surface area contributed by atoms with Crippen LogP contribution in [0.5, 0.6) is 0 Å². The molecular formula is C18H21N3O. The van der Waals surface area contributed by atoms with E-state index in [9.17, 15) is 0 Å². The fraction of sp³-hybridized carbons (Fsp3) is 0.278. The van der Waals surface area contributed by atoms with Crippen LogP contribution in [0.4, 0.5) is 5.69 Å². The van der Waals surface area contributed by atoms with Crippen molar-refractivity contribution in [2.75, 3.05) is 31.2 Å². The summed E-state index contributed by atoms with van der Waals surface area (Å²) >= 11 is 0. The highest BCUT2D eigenvalue weighted by Crippen LogP contribution is 2.35. The van der Waals surface area contributed by atoms with E-state index in [1.807, 2.05) is 18.3 Å². The van der Waals surface area contributed by atoms with E-state index in [4.69, 9.17) is 4.74 Å². The lowest BCUT2D eigenvalue weighted by Gasteiger charge is -2.29. The Bertz CT molecular complexity index is 736. The van der Waals surface area contributed by atoms with Gasteiger partial charge in [-0.15, -0.1) is 0 Å². The van der Waals surface area contributed by atoms with Crippen molar-refractivity contribution in [1.29, 1.82) is 0 Å².